The van der Waals surface area contributed by atoms with Crippen molar-refractivity contribution in [1.82, 2.24) is 0 Å². The summed E-state index contributed by atoms with van der Waals surface area (Å²) in [4.78, 5) is 25.8. The molecular weight excluding hydrogens is 372 g/mol. The molecule has 0 aliphatic heterocycles. The molecule has 6 heteroatoms. The van der Waals surface area contributed by atoms with Gasteiger partial charge in [-0.25, -0.2) is 4.79 Å². The highest BCUT2D eigenvalue weighted by Crippen LogP contribution is 2.32. The molecule has 2 aromatic carbocycles. The lowest BCUT2D eigenvalue weighted by Crippen LogP contribution is -2.15. The van der Waals surface area contributed by atoms with Gasteiger partial charge in [0.15, 0.2) is 5.76 Å². The summed E-state index contributed by atoms with van der Waals surface area (Å²) in [5.74, 6) is -0.550. The fourth-order valence-corrected chi connectivity index (χ4v) is 3.33. The molecule has 0 atom stereocenters. The predicted molar refractivity (Wildman–Crippen MR) is 102 cm³/mol. The van der Waals surface area contributed by atoms with E-state index in [0.717, 1.165) is 0 Å². The van der Waals surface area contributed by atoms with Gasteiger partial charge in [0.25, 0.3) is 0 Å². The summed E-state index contributed by atoms with van der Waals surface area (Å²) in [6, 6.07) is 17.2. The van der Waals surface area contributed by atoms with Gasteiger partial charge in [0.2, 0.25) is 11.2 Å². The molecule has 0 unspecified atom stereocenters. The van der Waals surface area contributed by atoms with Crippen molar-refractivity contribution in [3.63, 3.8) is 0 Å². The van der Waals surface area contributed by atoms with Crippen molar-refractivity contribution in [1.29, 1.82) is 0 Å². The van der Waals surface area contributed by atoms with Gasteiger partial charge in [-0.3, -0.25) is 4.79 Å². The molecule has 0 saturated heterocycles. The summed E-state index contributed by atoms with van der Waals surface area (Å²) in [6.07, 6.45) is 0. The molecule has 0 saturated carbocycles. The number of ether oxygens (including phenoxy) is 1. The van der Waals surface area contributed by atoms with Gasteiger partial charge in [0.1, 0.15) is 10.5 Å². The lowest BCUT2D eigenvalue weighted by Gasteiger charge is -2.10. The van der Waals surface area contributed by atoms with Crippen LogP contribution in [0.1, 0.15) is 9.67 Å². The minimum Gasteiger partial charge on any atom is -0.452 e. The van der Waals surface area contributed by atoms with Crippen LogP contribution >= 0.6 is 22.9 Å². The van der Waals surface area contributed by atoms with Crippen molar-refractivity contribution < 1.29 is 13.9 Å². The van der Waals surface area contributed by atoms with Gasteiger partial charge in [-0.1, -0.05) is 48.0 Å². The summed E-state index contributed by atoms with van der Waals surface area (Å²) in [5, 5.41) is 2.41. The fraction of sp³-hybridized carbons (Fsp3) is 0. The van der Waals surface area contributed by atoms with Crippen molar-refractivity contribution in [2.24, 2.45) is 0 Å². The number of thiophene rings is 1. The monoisotopic (exact) mass is 382 g/mol. The van der Waals surface area contributed by atoms with Crippen molar-refractivity contribution in [2.45, 2.75) is 0 Å². The second-order valence-electron chi connectivity index (χ2n) is 5.46. The summed E-state index contributed by atoms with van der Waals surface area (Å²) >= 11 is 7.24. The molecular formula is C20H11ClO4S. The minimum absolute atomic E-state index is 0.149. The van der Waals surface area contributed by atoms with Crippen LogP contribution in [0.3, 0.4) is 0 Å². The van der Waals surface area contributed by atoms with Crippen LogP contribution in [0, 0.1) is 0 Å². The molecule has 0 aliphatic carbocycles. The maximum absolute atomic E-state index is 13.0. The molecule has 4 rings (SSSR count). The van der Waals surface area contributed by atoms with Crippen LogP contribution in [-0.4, -0.2) is 5.97 Å². The topological polar surface area (TPSA) is 56.5 Å². The van der Waals surface area contributed by atoms with Crippen LogP contribution in [0.5, 0.6) is 5.75 Å². The highest BCUT2D eigenvalue weighted by molar-refractivity contribution is 7.12. The predicted octanol–water partition coefficient (Wildman–Crippen LogP) is 5.39. The number of rotatable bonds is 3. The zero-order valence-electron chi connectivity index (χ0n) is 13.3. The van der Waals surface area contributed by atoms with E-state index < -0.39 is 11.4 Å². The molecule has 26 heavy (non-hydrogen) atoms. The van der Waals surface area contributed by atoms with Crippen molar-refractivity contribution in [2.75, 3.05) is 0 Å². The van der Waals surface area contributed by atoms with Gasteiger partial charge in [0.05, 0.1) is 5.39 Å². The Kier molecular flexibility index (Phi) is 4.32. The van der Waals surface area contributed by atoms with Crippen molar-refractivity contribution in [3.8, 4) is 17.1 Å². The van der Waals surface area contributed by atoms with Gasteiger partial charge in [-0.15, -0.1) is 11.3 Å². The maximum Gasteiger partial charge on any atom is 0.353 e. The van der Waals surface area contributed by atoms with E-state index in [9.17, 15) is 9.59 Å². The second kappa shape index (κ2) is 6.78. The molecule has 2 aromatic heterocycles. The van der Waals surface area contributed by atoms with E-state index >= 15 is 0 Å². The average Bonchev–Trinajstić information content (AvgIpc) is 3.20. The smallest absolute Gasteiger partial charge is 0.353 e. The second-order valence-corrected chi connectivity index (χ2v) is 6.85. The van der Waals surface area contributed by atoms with Gasteiger partial charge in [-0.2, -0.15) is 0 Å². The maximum atomic E-state index is 13.0. The van der Waals surface area contributed by atoms with E-state index in [1.807, 2.05) is 18.2 Å². The van der Waals surface area contributed by atoms with Crippen molar-refractivity contribution >= 4 is 39.9 Å². The normalized spacial score (nSPS) is 10.8. The van der Waals surface area contributed by atoms with E-state index in [0.29, 0.717) is 21.0 Å². The van der Waals surface area contributed by atoms with Crippen LogP contribution in [0.4, 0.5) is 0 Å². The zero-order valence-corrected chi connectivity index (χ0v) is 14.8. The number of carbonyl (C=O) groups excluding carboxylic acids is 1. The van der Waals surface area contributed by atoms with Crippen LogP contribution < -0.4 is 10.2 Å². The number of carbonyl (C=O) groups is 1. The third kappa shape index (κ3) is 3.03. The Balaban J connectivity index is 1.94. The summed E-state index contributed by atoms with van der Waals surface area (Å²) in [6.45, 7) is 0. The van der Waals surface area contributed by atoms with E-state index in [1.54, 1.807) is 41.8 Å². The highest BCUT2D eigenvalue weighted by atomic mass is 35.5. The Hall–Kier alpha value is -2.89. The molecule has 4 aromatic rings. The summed E-state index contributed by atoms with van der Waals surface area (Å²) in [7, 11) is 0. The molecule has 0 amide bonds. The molecule has 0 bridgehead atoms. The highest BCUT2D eigenvalue weighted by Gasteiger charge is 2.21. The van der Waals surface area contributed by atoms with Crippen LogP contribution in [0.2, 0.25) is 5.02 Å². The van der Waals surface area contributed by atoms with Gasteiger partial charge in [-0.05, 0) is 29.6 Å². The first-order valence-electron chi connectivity index (χ1n) is 7.71. The van der Waals surface area contributed by atoms with E-state index in [-0.39, 0.29) is 16.9 Å². The Labute approximate surface area is 157 Å². The molecule has 0 aliphatic rings. The van der Waals surface area contributed by atoms with Crippen LogP contribution in [0.25, 0.3) is 22.3 Å². The first-order chi connectivity index (χ1) is 12.6. The summed E-state index contributed by atoms with van der Waals surface area (Å²) in [5.41, 5.74) is 0.558. The number of esters is 1. The molecule has 128 valence electrons. The average molecular weight is 383 g/mol. The number of fused-ring (bicyclic) bond motifs is 1. The molecule has 0 radical (unpaired) electrons. The minimum atomic E-state index is -0.606. The first-order valence-corrected chi connectivity index (χ1v) is 8.97. The third-order valence-electron chi connectivity index (χ3n) is 3.76. The molecule has 0 spiro atoms. The van der Waals surface area contributed by atoms with E-state index in [4.69, 9.17) is 20.8 Å². The quantitative estimate of drug-likeness (QED) is 0.445. The number of benzene rings is 2. The Morgan fingerprint density at radius 2 is 1.85 bits per heavy atom. The number of hydrogen-bond donors (Lipinski definition) is 0. The zero-order chi connectivity index (χ0) is 18.1. The molecule has 0 N–H and O–H groups in total. The number of hydrogen-bond acceptors (Lipinski definition) is 5. The van der Waals surface area contributed by atoms with E-state index in [1.165, 1.54) is 17.4 Å². The third-order valence-corrected chi connectivity index (χ3v) is 4.85. The summed E-state index contributed by atoms with van der Waals surface area (Å²) < 4.78 is 11.3. The van der Waals surface area contributed by atoms with Gasteiger partial charge >= 0.3 is 5.97 Å². The SMILES string of the molecule is O=C(Oc1c(-c2ccccc2)oc2ccc(Cl)cc2c1=O)c1cccs1. The fourth-order valence-electron chi connectivity index (χ4n) is 2.56. The van der Waals surface area contributed by atoms with Crippen LogP contribution in [0.15, 0.2) is 75.3 Å². The largest absolute Gasteiger partial charge is 0.452 e. The Morgan fingerprint density at radius 1 is 1.04 bits per heavy atom. The lowest BCUT2D eigenvalue weighted by atomic mass is 10.1. The van der Waals surface area contributed by atoms with Gasteiger partial charge in [0, 0.05) is 10.6 Å². The van der Waals surface area contributed by atoms with Crippen LogP contribution in [-0.2, 0) is 0 Å². The molecule has 0 fully saturated rings. The van der Waals surface area contributed by atoms with E-state index in [2.05, 4.69) is 0 Å². The van der Waals surface area contributed by atoms with Gasteiger partial charge < -0.3 is 9.15 Å². The molecule has 2 heterocycles. The lowest BCUT2D eigenvalue weighted by molar-refractivity contribution is 0.0736. The standard InChI is InChI=1S/C20H11ClO4S/c21-13-8-9-15-14(11-13)17(22)19(25-20(23)16-7-4-10-26-16)18(24-15)12-5-2-1-3-6-12/h1-11H. The Morgan fingerprint density at radius 3 is 2.58 bits per heavy atom. The first kappa shape index (κ1) is 16.6. The van der Waals surface area contributed by atoms with Crippen molar-refractivity contribution in [3.05, 3.63) is 86.2 Å². The number of halogens is 1. The Bertz CT molecular complexity index is 1150. The molecule has 4 nitrogen and oxygen atoms in total.